The molecule has 0 aromatic rings. The highest BCUT2D eigenvalue weighted by atomic mass is 16.8. The van der Waals surface area contributed by atoms with Crippen molar-refractivity contribution in [2.75, 3.05) is 13.2 Å². The molecule has 3 saturated carbocycles. The van der Waals surface area contributed by atoms with Crippen LogP contribution >= 0.6 is 0 Å². The van der Waals surface area contributed by atoms with Gasteiger partial charge in [-0.2, -0.15) is 0 Å². The van der Waals surface area contributed by atoms with Gasteiger partial charge >= 0.3 is 0 Å². The maximum atomic E-state index is 12.2. The molecule has 21 nitrogen and oxygen atoms in total. The molecule has 9 fully saturated rings. The van der Waals surface area contributed by atoms with Crippen molar-refractivity contribution in [3.05, 3.63) is 11.6 Å². The van der Waals surface area contributed by atoms with Gasteiger partial charge in [-0.3, -0.25) is 0 Å². The molecule has 6 heterocycles. The summed E-state index contributed by atoms with van der Waals surface area (Å²) in [6, 6.07) is 0. The summed E-state index contributed by atoms with van der Waals surface area (Å²) in [5.74, 6) is 2.36. The van der Waals surface area contributed by atoms with Crippen LogP contribution in [0.4, 0.5) is 0 Å². The van der Waals surface area contributed by atoms with Gasteiger partial charge in [-0.25, -0.2) is 0 Å². The maximum Gasteiger partial charge on any atom is 0.189 e. The van der Waals surface area contributed by atoms with Crippen LogP contribution in [0.3, 0.4) is 0 Å². The lowest BCUT2D eigenvalue weighted by atomic mass is 9.47. The highest BCUT2D eigenvalue weighted by Crippen LogP contribution is 2.71. The molecule has 0 amide bonds. The molecule has 31 atom stereocenters. The number of hydrogen-bond acceptors (Lipinski definition) is 21. The molecule has 10 rings (SSSR count). The van der Waals surface area contributed by atoms with E-state index in [0.717, 1.165) is 51.6 Å². The fourth-order valence-corrected chi connectivity index (χ4v) is 15.3. The normalized spacial score (nSPS) is 58.4. The van der Waals surface area contributed by atoms with Crippen LogP contribution in [0.5, 0.6) is 0 Å². The third-order valence-electron chi connectivity index (χ3n) is 19.5. The van der Waals surface area contributed by atoms with Crippen LogP contribution in [-0.2, 0) is 47.4 Å². The van der Waals surface area contributed by atoms with Gasteiger partial charge in [0.25, 0.3) is 0 Å². The van der Waals surface area contributed by atoms with Gasteiger partial charge < -0.3 is 104 Å². The van der Waals surface area contributed by atoms with Gasteiger partial charge in [0.1, 0.15) is 79.4 Å². The Kier molecular flexibility index (Phi) is 15.0. The van der Waals surface area contributed by atoms with Crippen LogP contribution in [-0.4, -0.2) is 210 Å². The fourth-order valence-electron chi connectivity index (χ4n) is 15.3. The third-order valence-corrected chi connectivity index (χ3v) is 19.5. The molecule has 11 N–H and O–H groups in total. The van der Waals surface area contributed by atoms with E-state index in [9.17, 15) is 56.2 Å². The highest BCUT2D eigenvalue weighted by Gasteiger charge is 2.69. The van der Waals surface area contributed by atoms with Crippen molar-refractivity contribution in [1.29, 1.82) is 0 Å². The molecule has 10 aliphatic rings. The van der Waals surface area contributed by atoms with Gasteiger partial charge in [0, 0.05) is 12.3 Å². The average molecular weight is 1020 g/mol. The van der Waals surface area contributed by atoms with Gasteiger partial charge in [0.2, 0.25) is 0 Å². The summed E-state index contributed by atoms with van der Waals surface area (Å²) in [4.78, 5) is 0. The summed E-state index contributed by atoms with van der Waals surface area (Å²) < 4.78 is 61.4. The van der Waals surface area contributed by atoms with E-state index in [1.807, 2.05) is 0 Å². The smallest absolute Gasteiger partial charge is 0.189 e. The highest BCUT2D eigenvalue weighted by molar-refractivity contribution is 5.26. The minimum Gasteiger partial charge on any atom is -0.394 e. The largest absolute Gasteiger partial charge is 0.394 e. The Morgan fingerprint density at radius 2 is 1.25 bits per heavy atom. The summed E-state index contributed by atoms with van der Waals surface area (Å²) in [6.45, 7) is 12.4. The molecule has 4 aliphatic carbocycles. The van der Waals surface area contributed by atoms with Crippen LogP contribution in [0.25, 0.3) is 0 Å². The lowest BCUT2D eigenvalue weighted by Gasteiger charge is -2.58. The first-order chi connectivity index (χ1) is 33.6. The van der Waals surface area contributed by atoms with Crippen LogP contribution < -0.4 is 0 Å². The molecule has 0 radical (unpaired) electrons. The first-order valence-electron chi connectivity index (χ1n) is 26.3. The molecule has 406 valence electrons. The first kappa shape index (κ1) is 53.3. The zero-order valence-corrected chi connectivity index (χ0v) is 41.5. The molecular weight excluding hydrogens is 937 g/mol. The second-order valence-corrected chi connectivity index (χ2v) is 23.5. The minimum atomic E-state index is -1.99. The SMILES string of the molecule is C[C@@H]1CC[C@@]2(OC1)O[C@H]1C[C@@H]3[C@@H]4CC=C5C[C@H](O[C@@H]6O[C@H](CO)[C@@H](O[C@@H]7O[C@@H](C)[C@H](O[C@@H]8O[C@@H](C)[C@H](O)[C@@H](O)[C@H]8O)[C@@H](O)[C@H]7O)[C@H](O)[C@H]6O[C@@H]6O[C@@H](O)[C@H](O)[C@@H](O)[C@H]6O)CC[C@]5(C)[C@H]4CC[C@]3(C)[C@H]1[C@@H]2C. The summed E-state index contributed by atoms with van der Waals surface area (Å²) in [7, 11) is 0. The molecule has 1 spiro atoms. The van der Waals surface area contributed by atoms with Crippen LogP contribution in [0.2, 0.25) is 0 Å². The molecule has 0 bridgehead atoms. The van der Waals surface area contributed by atoms with Crippen LogP contribution in [0, 0.1) is 46.3 Å². The van der Waals surface area contributed by atoms with E-state index in [2.05, 4.69) is 33.8 Å². The number of allylic oxidation sites excluding steroid dienone is 1. The van der Waals surface area contributed by atoms with E-state index in [0.29, 0.717) is 48.3 Å². The monoisotopic (exact) mass is 1020 g/mol. The van der Waals surface area contributed by atoms with Crippen molar-refractivity contribution in [3.8, 4) is 0 Å². The molecule has 6 saturated heterocycles. The van der Waals surface area contributed by atoms with E-state index in [1.54, 1.807) is 0 Å². The standard InChI is InChI=1S/C50H80O21/c1-19-9-14-50(62-18-19)20(2)30-28(71-50)16-27-25-8-7-23-15-24(10-12-48(23,5)26(25)11-13-49(27,30)6)65-47-42(69-46-37(58)33(54)35(56)43(61)70-46)39(60)41(29(17-51)66-47)68-45-38(59)34(55)40(22(4)64-45)67-44-36(57)32(53)31(52)21(3)63-44/h7,19-22,24-47,51-61H,8-18H2,1-6H3/t19-,20+,21+,22+,24-,25-,26+,27-,28+,29-,30+,31+,32-,33-,34+,35-,36-,37-,38-,39+,40+,41-,42-,43-,44+,45+,46-,47-,48+,49+,50-/m1/s1. The Bertz CT molecular complexity index is 1890. The van der Waals surface area contributed by atoms with E-state index in [1.165, 1.54) is 19.4 Å². The lowest BCUT2D eigenvalue weighted by molar-refractivity contribution is -0.403. The van der Waals surface area contributed by atoms with E-state index in [4.69, 9.17) is 47.4 Å². The predicted octanol–water partition coefficient (Wildman–Crippen LogP) is -0.977. The Labute approximate surface area is 414 Å². The Morgan fingerprint density at radius 1 is 0.606 bits per heavy atom. The third kappa shape index (κ3) is 9.02. The van der Waals surface area contributed by atoms with Crippen molar-refractivity contribution >= 4 is 0 Å². The van der Waals surface area contributed by atoms with Gasteiger partial charge in [-0.05, 0) is 106 Å². The number of ether oxygens (including phenoxy) is 10. The van der Waals surface area contributed by atoms with Crippen molar-refractivity contribution in [2.24, 2.45) is 46.3 Å². The van der Waals surface area contributed by atoms with E-state index >= 15 is 0 Å². The molecule has 0 unspecified atom stereocenters. The second kappa shape index (κ2) is 20.0. The van der Waals surface area contributed by atoms with Gasteiger partial charge in [0.15, 0.2) is 37.2 Å². The molecule has 6 aliphatic heterocycles. The zero-order chi connectivity index (χ0) is 50.8. The number of aliphatic hydroxyl groups is 11. The summed E-state index contributed by atoms with van der Waals surface area (Å²) in [5, 5.41) is 119. The fraction of sp³-hybridized carbons (Fsp3) is 0.960. The molecule has 0 aromatic carbocycles. The van der Waals surface area contributed by atoms with Crippen molar-refractivity contribution < 1.29 is 104 Å². The Balaban J connectivity index is 0.836. The van der Waals surface area contributed by atoms with Gasteiger partial charge in [-0.15, -0.1) is 0 Å². The predicted molar refractivity (Wildman–Crippen MR) is 241 cm³/mol. The Morgan fingerprint density at radius 3 is 1.94 bits per heavy atom. The number of aliphatic hydroxyl groups excluding tert-OH is 11. The van der Waals surface area contributed by atoms with Crippen molar-refractivity contribution in [3.63, 3.8) is 0 Å². The summed E-state index contributed by atoms with van der Waals surface area (Å²) >= 11 is 0. The molecule has 71 heavy (non-hydrogen) atoms. The molecular formula is C50H80O21. The van der Waals surface area contributed by atoms with Crippen LogP contribution in [0.15, 0.2) is 11.6 Å². The Hall–Kier alpha value is -1.10. The van der Waals surface area contributed by atoms with Gasteiger partial charge in [-0.1, -0.05) is 39.3 Å². The average Bonchev–Trinajstić information content (AvgIpc) is 3.79. The topological polar surface area (TPSA) is 315 Å². The van der Waals surface area contributed by atoms with Gasteiger partial charge in [0.05, 0.1) is 37.6 Å². The number of rotatable bonds is 9. The van der Waals surface area contributed by atoms with E-state index in [-0.39, 0.29) is 16.9 Å². The van der Waals surface area contributed by atoms with E-state index < -0.39 is 142 Å². The summed E-state index contributed by atoms with van der Waals surface area (Å²) in [6.07, 6.45) is -22.0. The van der Waals surface area contributed by atoms with Crippen molar-refractivity contribution in [2.45, 2.75) is 240 Å². The zero-order valence-electron chi connectivity index (χ0n) is 41.5. The summed E-state index contributed by atoms with van der Waals surface area (Å²) in [5.41, 5.74) is 1.36. The quantitative estimate of drug-likeness (QED) is 0.124. The number of hydrogen-bond donors (Lipinski definition) is 11. The van der Waals surface area contributed by atoms with Crippen molar-refractivity contribution in [1.82, 2.24) is 0 Å². The molecule has 0 aromatic heterocycles. The van der Waals surface area contributed by atoms with Crippen LogP contribution in [0.1, 0.15) is 99.3 Å². The second-order valence-electron chi connectivity index (χ2n) is 23.5. The molecule has 21 heteroatoms. The minimum absolute atomic E-state index is 0.0846. The first-order valence-corrected chi connectivity index (χ1v) is 26.3. The number of fused-ring (bicyclic) bond motifs is 7. The maximum absolute atomic E-state index is 12.2. The lowest BCUT2D eigenvalue weighted by Crippen LogP contribution is -2.67.